The number of carbonyl (C=O) groups excluding carboxylic acids is 1. The first kappa shape index (κ1) is 16.1. The van der Waals surface area contributed by atoms with Crippen LogP contribution in [0.25, 0.3) is 0 Å². The number of benzene rings is 1. The highest BCUT2D eigenvalue weighted by atomic mass is 19.4. The van der Waals surface area contributed by atoms with Crippen molar-refractivity contribution in [3.05, 3.63) is 23.3 Å². The van der Waals surface area contributed by atoms with Gasteiger partial charge in [0.05, 0.1) is 7.11 Å². The van der Waals surface area contributed by atoms with Crippen molar-refractivity contribution in [2.45, 2.75) is 25.7 Å². The van der Waals surface area contributed by atoms with Gasteiger partial charge in [-0.15, -0.1) is 13.2 Å². The van der Waals surface area contributed by atoms with E-state index in [2.05, 4.69) is 9.47 Å². The molecule has 0 aliphatic rings. The summed E-state index contributed by atoms with van der Waals surface area (Å²) in [7, 11) is 1.14. The lowest BCUT2D eigenvalue weighted by atomic mass is 10.0. The minimum absolute atomic E-state index is 0.0714. The predicted molar refractivity (Wildman–Crippen MR) is 63.2 cm³/mol. The van der Waals surface area contributed by atoms with Gasteiger partial charge in [0.25, 0.3) is 0 Å². The van der Waals surface area contributed by atoms with E-state index in [1.165, 1.54) is 6.92 Å². The molecule has 1 unspecified atom stereocenters. The van der Waals surface area contributed by atoms with Gasteiger partial charge in [-0.25, -0.2) is 0 Å². The second-order valence-electron chi connectivity index (χ2n) is 4.13. The third-order valence-corrected chi connectivity index (χ3v) is 2.53. The van der Waals surface area contributed by atoms with Crippen LogP contribution in [0.4, 0.5) is 13.2 Å². The lowest BCUT2D eigenvalue weighted by Gasteiger charge is -2.15. The van der Waals surface area contributed by atoms with Crippen LogP contribution in [-0.2, 0) is 16.0 Å². The molecule has 1 atom stereocenters. The highest BCUT2D eigenvalue weighted by Gasteiger charge is 2.31. The van der Waals surface area contributed by atoms with Crippen molar-refractivity contribution in [1.82, 2.24) is 0 Å². The number of rotatable bonds is 4. The largest absolute Gasteiger partial charge is 0.573 e. The number of phenolic OH excluding ortho intramolecular Hbond substituents is 1. The van der Waals surface area contributed by atoms with E-state index in [4.69, 9.17) is 5.73 Å². The summed E-state index contributed by atoms with van der Waals surface area (Å²) >= 11 is 0. The van der Waals surface area contributed by atoms with Gasteiger partial charge in [-0.3, -0.25) is 4.79 Å². The summed E-state index contributed by atoms with van der Waals surface area (Å²) in [5.41, 5.74) is 5.76. The molecule has 1 aromatic rings. The van der Waals surface area contributed by atoms with Crippen LogP contribution < -0.4 is 10.5 Å². The summed E-state index contributed by atoms with van der Waals surface area (Å²) in [6.45, 7) is 1.41. The van der Waals surface area contributed by atoms with Gasteiger partial charge in [-0.2, -0.15) is 0 Å². The predicted octanol–water partition coefficient (Wildman–Crippen LogP) is 1.64. The Morgan fingerprint density at radius 1 is 1.45 bits per heavy atom. The first-order chi connectivity index (χ1) is 9.14. The number of aryl methyl sites for hydroxylation is 1. The van der Waals surface area contributed by atoms with Crippen molar-refractivity contribution in [1.29, 1.82) is 0 Å². The van der Waals surface area contributed by atoms with Gasteiger partial charge >= 0.3 is 12.3 Å². The molecule has 0 saturated carbocycles. The maximum Gasteiger partial charge on any atom is 0.573 e. The molecule has 0 bridgehead atoms. The molecule has 20 heavy (non-hydrogen) atoms. The summed E-state index contributed by atoms with van der Waals surface area (Å²) in [4.78, 5) is 11.2. The van der Waals surface area contributed by atoms with E-state index in [0.29, 0.717) is 0 Å². The average molecular weight is 293 g/mol. The fourth-order valence-electron chi connectivity index (χ4n) is 1.64. The molecule has 0 amide bonds. The molecular weight excluding hydrogens is 279 g/mol. The number of hydrogen-bond donors (Lipinski definition) is 2. The van der Waals surface area contributed by atoms with Crippen LogP contribution in [0.1, 0.15) is 11.1 Å². The van der Waals surface area contributed by atoms with Crippen molar-refractivity contribution >= 4 is 5.97 Å². The second kappa shape index (κ2) is 6.00. The Balaban J connectivity index is 3.03. The lowest BCUT2D eigenvalue weighted by Crippen LogP contribution is -2.33. The van der Waals surface area contributed by atoms with Crippen molar-refractivity contribution in [3.8, 4) is 11.5 Å². The van der Waals surface area contributed by atoms with Crippen LogP contribution in [0, 0.1) is 6.92 Å². The molecule has 5 nitrogen and oxygen atoms in total. The van der Waals surface area contributed by atoms with Crippen LogP contribution in [0.15, 0.2) is 12.1 Å². The summed E-state index contributed by atoms with van der Waals surface area (Å²) in [6, 6.07) is 0.931. The van der Waals surface area contributed by atoms with Gasteiger partial charge < -0.3 is 20.3 Å². The molecule has 0 aromatic heterocycles. The first-order valence-corrected chi connectivity index (χ1v) is 5.55. The smallest absolute Gasteiger partial charge is 0.507 e. The van der Waals surface area contributed by atoms with Gasteiger partial charge in [-0.05, 0) is 30.2 Å². The second-order valence-corrected chi connectivity index (χ2v) is 4.13. The fourth-order valence-corrected chi connectivity index (χ4v) is 1.64. The first-order valence-electron chi connectivity index (χ1n) is 5.55. The lowest BCUT2D eigenvalue weighted by molar-refractivity contribution is -0.274. The van der Waals surface area contributed by atoms with E-state index in [-0.39, 0.29) is 23.3 Å². The van der Waals surface area contributed by atoms with Crippen molar-refractivity contribution in [3.63, 3.8) is 0 Å². The van der Waals surface area contributed by atoms with Gasteiger partial charge in [-0.1, -0.05) is 0 Å². The van der Waals surface area contributed by atoms with Gasteiger partial charge in [0, 0.05) is 6.42 Å². The standard InChI is InChI=1S/C12H14F3NO4/c1-6-3-8(20-12(13,14)15)4-7(10(6)17)5-9(16)11(18)19-2/h3-4,9,17H,5,16H2,1-2H3. The van der Waals surface area contributed by atoms with E-state index < -0.39 is 24.1 Å². The van der Waals surface area contributed by atoms with E-state index in [0.717, 1.165) is 19.2 Å². The van der Waals surface area contributed by atoms with Crippen LogP contribution in [0.2, 0.25) is 0 Å². The Bertz CT molecular complexity index is 502. The molecule has 3 N–H and O–H groups in total. The number of hydrogen-bond acceptors (Lipinski definition) is 5. The van der Waals surface area contributed by atoms with Crippen LogP contribution in [0.3, 0.4) is 0 Å². The number of alkyl halides is 3. The van der Waals surface area contributed by atoms with E-state index in [9.17, 15) is 23.1 Å². The topological polar surface area (TPSA) is 81.8 Å². The molecule has 1 rings (SSSR count). The van der Waals surface area contributed by atoms with E-state index >= 15 is 0 Å². The molecule has 1 aromatic carbocycles. The van der Waals surface area contributed by atoms with Crippen LogP contribution >= 0.6 is 0 Å². The van der Waals surface area contributed by atoms with Crippen LogP contribution in [0.5, 0.6) is 11.5 Å². The zero-order chi connectivity index (χ0) is 15.5. The minimum Gasteiger partial charge on any atom is -0.507 e. The van der Waals surface area contributed by atoms with E-state index in [1.807, 2.05) is 0 Å². The highest BCUT2D eigenvalue weighted by molar-refractivity contribution is 5.76. The Morgan fingerprint density at radius 2 is 2.05 bits per heavy atom. The number of aromatic hydroxyl groups is 1. The normalized spacial score (nSPS) is 12.9. The number of carbonyl (C=O) groups is 1. The molecule has 0 saturated heterocycles. The Hall–Kier alpha value is -1.96. The minimum atomic E-state index is -4.84. The van der Waals surface area contributed by atoms with Gasteiger partial charge in [0.1, 0.15) is 17.5 Å². The third-order valence-electron chi connectivity index (χ3n) is 2.53. The molecule has 112 valence electrons. The summed E-state index contributed by atoms with van der Waals surface area (Å²) in [6.07, 6.45) is -5.01. The molecule has 0 aliphatic heterocycles. The molecular formula is C12H14F3NO4. The Morgan fingerprint density at radius 3 is 2.55 bits per heavy atom. The maximum atomic E-state index is 12.2. The zero-order valence-electron chi connectivity index (χ0n) is 10.8. The van der Waals surface area contributed by atoms with Crippen molar-refractivity contribution in [2.24, 2.45) is 5.73 Å². The summed E-state index contributed by atoms with van der Waals surface area (Å²) in [5.74, 6) is -1.46. The number of phenols is 1. The molecule has 8 heteroatoms. The van der Waals surface area contributed by atoms with Crippen molar-refractivity contribution in [2.75, 3.05) is 7.11 Å². The van der Waals surface area contributed by atoms with E-state index in [1.54, 1.807) is 0 Å². The van der Waals surface area contributed by atoms with Gasteiger partial charge in [0.2, 0.25) is 0 Å². The highest BCUT2D eigenvalue weighted by Crippen LogP contribution is 2.31. The summed E-state index contributed by atoms with van der Waals surface area (Å²) in [5, 5.41) is 9.78. The van der Waals surface area contributed by atoms with Gasteiger partial charge in [0.15, 0.2) is 0 Å². The summed E-state index contributed by atoms with van der Waals surface area (Å²) < 4.78 is 44.7. The molecule has 0 heterocycles. The number of esters is 1. The fraction of sp³-hybridized carbons (Fsp3) is 0.417. The SMILES string of the molecule is COC(=O)C(N)Cc1cc(OC(F)(F)F)cc(C)c1O. The average Bonchev–Trinajstić information content (AvgIpc) is 2.32. The number of halogens is 3. The molecule has 0 radical (unpaired) electrons. The molecule has 0 fully saturated rings. The molecule has 0 aliphatic carbocycles. The Kier molecular flexibility index (Phi) is 4.83. The van der Waals surface area contributed by atoms with Crippen LogP contribution in [-0.4, -0.2) is 30.6 Å². The quantitative estimate of drug-likeness (QED) is 0.825. The zero-order valence-corrected chi connectivity index (χ0v) is 10.8. The number of methoxy groups -OCH3 is 1. The Labute approximate surface area is 113 Å². The number of ether oxygens (including phenoxy) is 2. The third kappa shape index (κ3) is 4.30. The molecule has 0 spiro atoms. The monoisotopic (exact) mass is 293 g/mol. The maximum absolute atomic E-state index is 12.2. The van der Waals surface area contributed by atoms with Crippen molar-refractivity contribution < 1.29 is 32.5 Å². The number of nitrogens with two attached hydrogens (primary N) is 1.